The Bertz CT molecular complexity index is 487. The minimum Gasteiger partial charge on any atom is -0.496 e. The number of hydrogen-bond acceptors (Lipinski definition) is 5. The van der Waals surface area contributed by atoms with E-state index in [1.807, 2.05) is 18.2 Å². The number of carboxylic acid groups (broad SMARTS) is 1. The maximum atomic E-state index is 10.9. The number of ether oxygens (including phenoxy) is 2. The van der Waals surface area contributed by atoms with Gasteiger partial charge >= 0.3 is 5.97 Å². The third-order valence-electron chi connectivity index (χ3n) is 3.62. The van der Waals surface area contributed by atoms with Crippen molar-refractivity contribution in [1.82, 2.24) is 4.90 Å². The lowest BCUT2D eigenvalue weighted by molar-refractivity contribution is -0.138. The summed E-state index contributed by atoms with van der Waals surface area (Å²) < 4.78 is 10.7. The zero-order valence-corrected chi connectivity index (χ0v) is 12.2. The van der Waals surface area contributed by atoms with Crippen LogP contribution in [0.1, 0.15) is 11.1 Å². The Morgan fingerprint density at radius 3 is 2.81 bits per heavy atom. The van der Waals surface area contributed by atoms with Crippen LogP contribution in [0.4, 0.5) is 0 Å². The second-order valence-corrected chi connectivity index (χ2v) is 5.18. The molecule has 0 radical (unpaired) electrons. The number of nitrogens with zero attached hydrogens (tertiary/aromatic N) is 1. The van der Waals surface area contributed by atoms with E-state index in [0.717, 1.165) is 49.7 Å². The second-order valence-electron chi connectivity index (χ2n) is 5.18. The molecule has 3 N–H and O–H groups in total. The van der Waals surface area contributed by atoms with Crippen LogP contribution in [0.3, 0.4) is 0 Å². The molecule has 2 rings (SSSR count). The first-order chi connectivity index (χ1) is 10.1. The van der Waals surface area contributed by atoms with Crippen molar-refractivity contribution in [3.63, 3.8) is 0 Å². The molecule has 0 saturated carbocycles. The summed E-state index contributed by atoms with van der Waals surface area (Å²) in [6, 6.07) is 4.84. The van der Waals surface area contributed by atoms with Crippen LogP contribution in [-0.4, -0.2) is 55.4 Å². The largest absolute Gasteiger partial charge is 0.496 e. The number of carbonyl (C=O) groups is 1. The van der Waals surface area contributed by atoms with Crippen LogP contribution in [0.2, 0.25) is 0 Å². The summed E-state index contributed by atoms with van der Waals surface area (Å²) in [7, 11) is 1.64. The molecule has 1 atom stereocenters. The van der Waals surface area contributed by atoms with Crippen molar-refractivity contribution in [1.29, 1.82) is 0 Å². The number of benzene rings is 1. The van der Waals surface area contributed by atoms with Crippen LogP contribution < -0.4 is 10.5 Å². The first-order valence-corrected chi connectivity index (χ1v) is 7.04. The van der Waals surface area contributed by atoms with E-state index in [1.165, 1.54) is 0 Å². The molecular formula is C15H22N2O4. The maximum Gasteiger partial charge on any atom is 0.320 e. The predicted molar refractivity (Wildman–Crippen MR) is 78.4 cm³/mol. The number of carboxylic acids is 1. The van der Waals surface area contributed by atoms with Crippen molar-refractivity contribution in [3.05, 3.63) is 29.3 Å². The van der Waals surface area contributed by atoms with Gasteiger partial charge in [-0.25, -0.2) is 0 Å². The van der Waals surface area contributed by atoms with Crippen molar-refractivity contribution in [2.45, 2.75) is 19.0 Å². The zero-order valence-electron chi connectivity index (χ0n) is 12.2. The highest BCUT2D eigenvalue weighted by atomic mass is 16.5. The van der Waals surface area contributed by atoms with Crippen molar-refractivity contribution in [2.24, 2.45) is 5.73 Å². The third kappa shape index (κ3) is 4.42. The summed E-state index contributed by atoms with van der Waals surface area (Å²) in [4.78, 5) is 13.2. The van der Waals surface area contributed by atoms with E-state index in [9.17, 15) is 4.79 Å². The van der Waals surface area contributed by atoms with Gasteiger partial charge in [0.05, 0.1) is 20.3 Å². The molecule has 6 heteroatoms. The zero-order chi connectivity index (χ0) is 15.2. The molecule has 6 nitrogen and oxygen atoms in total. The Morgan fingerprint density at radius 1 is 1.48 bits per heavy atom. The van der Waals surface area contributed by atoms with Gasteiger partial charge in [-0.05, 0) is 18.1 Å². The van der Waals surface area contributed by atoms with Crippen LogP contribution in [0.15, 0.2) is 18.2 Å². The van der Waals surface area contributed by atoms with Gasteiger partial charge in [0.25, 0.3) is 0 Å². The summed E-state index contributed by atoms with van der Waals surface area (Å²) in [5, 5.41) is 8.90. The van der Waals surface area contributed by atoms with Crippen molar-refractivity contribution < 1.29 is 19.4 Å². The van der Waals surface area contributed by atoms with Crippen LogP contribution in [0.25, 0.3) is 0 Å². The second kappa shape index (κ2) is 7.40. The Balaban J connectivity index is 2.11. The molecule has 116 valence electrons. The fourth-order valence-electron chi connectivity index (χ4n) is 2.42. The number of methoxy groups -OCH3 is 1. The smallest absolute Gasteiger partial charge is 0.320 e. The molecule has 1 aromatic rings. The number of rotatable bonds is 6. The average Bonchev–Trinajstić information content (AvgIpc) is 2.48. The molecule has 1 fully saturated rings. The normalized spacial score (nSPS) is 17.4. The van der Waals surface area contributed by atoms with E-state index in [4.69, 9.17) is 20.3 Å². The molecular weight excluding hydrogens is 272 g/mol. The van der Waals surface area contributed by atoms with E-state index >= 15 is 0 Å². The lowest BCUT2D eigenvalue weighted by Gasteiger charge is -2.27. The Kier molecular flexibility index (Phi) is 5.55. The molecule has 0 aromatic heterocycles. The summed E-state index contributed by atoms with van der Waals surface area (Å²) in [6.07, 6.45) is 0.315. The van der Waals surface area contributed by atoms with Gasteiger partial charge in [0.15, 0.2) is 0 Å². The van der Waals surface area contributed by atoms with Gasteiger partial charge in [0.1, 0.15) is 11.8 Å². The standard InChI is InChI=1S/C15H22N2O4/c1-20-14-3-2-11(9-13(16)15(18)19)8-12(14)10-17-4-6-21-7-5-17/h2-3,8,13H,4-7,9-10,16H2,1H3,(H,18,19). The first-order valence-electron chi connectivity index (χ1n) is 7.04. The third-order valence-corrected chi connectivity index (χ3v) is 3.62. The number of morpholine rings is 1. The molecule has 1 unspecified atom stereocenters. The molecule has 0 amide bonds. The number of hydrogen-bond donors (Lipinski definition) is 2. The van der Waals surface area contributed by atoms with Gasteiger partial charge in [-0.2, -0.15) is 0 Å². The van der Waals surface area contributed by atoms with E-state index in [2.05, 4.69) is 4.90 Å². The summed E-state index contributed by atoms with van der Waals surface area (Å²) in [6.45, 7) is 4.03. The van der Waals surface area contributed by atoms with Crippen molar-refractivity contribution in [3.8, 4) is 5.75 Å². The topological polar surface area (TPSA) is 85.0 Å². The molecule has 1 heterocycles. The maximum absolute atomic E-state index is 10.9. The van der Waals surface area contributed by atoms with E-state index in [1.54, 1.807) is 7.11 Å². The fourth-order valence-corrected chi connectivity index (χ4v) is 2.42. The van der Waals surface area contributed by atoms with Crippen LogP contribution in [-0.2, 0) is 22.5 Å². The van der Waals surface area contributed by atoms with Crippen LogP contribution >= 0.6 is 0 Å². The summed E-state index contributed by atoms with van der Waals surface area (Å²) >= 11 is 0. The highest BCUT2D eigenvalue weighted by Gasteiger charge is 2.16. The molecule has 1 aromatic carbocycles. The van der Waals surface area contributed by atoms with Gasteiger partial charge < -0.3 is 20.3 Å². The fraction of sp³-hybridized carbons (Fsp3) is 0.533. The average molecular weight is 294 g/mol. The van der Waals surface area contributed by atoms with Crippen molar-refractivity contribution >= 4 is 5.97 Å². The van der Waals surface area contributed by atoms with E-state index < -0.39 is 12.0 Å². The minimum atomic E-state index is -0.986. The van der Waals surface area contributed by atoms with Crippen molar-refractivity contribution in [2.75, 3.05) is 33.4 Å². The monoisotopic (exact) mass is 294 g/mol. The minimum absolute atomic E-state index is 0.315. The quantitative estimate of drug-likeness (QED) is 0.794. The van der Waals surface area contributed by atoms with Gasteiger partial charge in [-0.15, -0.1) is 0 Å². The van der Waals surface area contributed by atoms with Crippen LogP contribution in [0, 0.1) is 0 Å². The first kappa shape index (κ1) is 15.8. The molecule has 1 aliphatic rings. The molecule has 0 spiro atoms. The lowest BCUT2D eigenvalue weighted by atomic mass is 10.0. The summed E-state index contributed by atoms with van der Waals surface area (Å²) in [5.74, 6) is -0.172. The molecule has 21 heavy (non-hydrogen) atoms. The van der Waals surface area contributed by atoms with Crippen LogP contribution in [0.5, 0.6) is 5.75 Å². The van der Waals surface area contributed by atoms with Gasteiger partial charge in [-0.1, -0.05) is 12.1 Å². The molecule has 1 aliphatic heterocycles. The summed E-state index contributed by atoms with van der Waals surface area (Å²) in [5.41, 5.74) is 7.56. The molecule has 0 aliphatic carbocycles. The Morgan fingerprint density at radius 2 is 2.19 bits per heavy atom. The highest BCUT2D eigenvalue weighted by Crippen LogP contribution is 2.22. The van der Waals surface area contributed by atoms with Gasteiger partial charge in [0.2, 0.25) is 0 Å². The van der Waals surface area contributed by atoms with E-state index in [-0.39, 0.29) is 0 Å². The lowest BCUT2D eigenvalue weighted by Crippen LogP contribution is -2.35. The highest BCUT2D eigenvalue weighted by molar-refractivity contribution is 5.73. The SMILES string of the molecule is COc1ccc(CC(N)C(=O)O)cc1CN1CCOCC1. The number of nitrogens with two attached hydrogens (primary N) is 1. The number of aliphatic carboxylic acids is 1. The molecule has 1 saturated heterocycles. The molecule has 0 bridgehead atoms. The van der Waals surface area contributed by atoms with Gasteiger partial charge in [-0.3, -0.25) is 9.69 Å². The Labute approximate surface area is 124 Å². The predicted octanol–water partition coefficient (Wildman–Crippen LogP) is 0.482. The van der Waals surface area contributed by atoms with Gasteiger partial charge in [0, 0.05) is 25.2 Å². The Hall–Kier alpha value is -1.63. The van der Waals surface area contributed by atoms with E-state index in [0.29, 0.717) is 6.42 Å².